The maximum Gasteiger partial charge on any atom is 0.0569 e. The van der Waals surface area contributed by atoms with E-state index in [0.29, 0.717) is 0 Å². The smallest absolute Gasteiger partial charge is 0.0569 e. The van der Waals surface area contributed by atoms with Crippen LogP contribution in [0.3, 0.4) is 0 Å². The van der Waals surface area contributed by atoms with E-state index in [1.807, 2.05) is 0 Å². The fraction of sp³-hybridized carbons (Fsp3) is 0.250. The van der Waals surface area contributed by atoms with E-state index in [-0.39, 0.29) is 12.0 Å². The van der Waals surface area contributed by atoms with Crippen molar-refractivity contribution in [3.8, 4) is 11.1 Å². The Hall–Kier alpha value is -1.60. The lowest BCUT2D eigenvalue weighted by molar-refractivity contribution is 0.218. The first-order valence-corrected chi connectivity index (χ1v) is 6.14. The first-order chi connectivity index (χ1) is 8.33. The molecule has 1 aliphatic carbocycles. The summed E-state index contributed by atoms with van der Waals surface area (Å²) in [6.07, 6.45) is 0.928. The van der Waals surface area contributed by atoms with Gasteiger partial charge in [0.2, 0.25) is 0 Å². The molecule has 0 amide bonds. The summed E-state index contributed by atoms with van der Waals surface area (Å²) in [7, 11) is 0. The minimum Gasteiger partial charge on any atom is -0.395 e. The summed E-state index contributed by atoms with van der Waals surface area (Å²) in [6.45, 7) is 2.33. The van der Waals surface area contributed by atoms with Crippen molar-refractivity contribution in [3.05, 3.63) is 59.7 Å². The van der Waals surface area contributed by atoms with E-state index >= 15 is 0 Å². The number of rotatable bonds is 2. The van der Waals surface area contributed by atoms with Crippen molar-refractivity contribution in [2.24, 2.45) is 0 Å². The number of hydrogen-bond acceptors (Lipinski definition) is 1. The number of hydrogen-bond donors (Lipinski definition) is 1. The molecule has 0 fully saturated rings. The summed E-state index contributed by atoms with van der Waals surface area (Å²) in [5.74, 6) is 0. The molecule has 0 aromatic heterocycles. The van der Waals surface area contributed by atoms with Gasteiger partial charge >= 0.3 is 0 Å². The highest BCUT2D eigenvalue weighted by atomic mass is 16.3. The number of aliphatic hydroxyl groups excluding tert-OH is 1. The van der Waals surface area contributed by atoms with Crippen LogP contribution in [-0.2, 0) is 5.41 Å². The van der Waals surface area contributed by atoms with Gasteiger partial charge in [0.25, 0.3) is 0 Å². The van der Waals surface area contributed by atoms with Crippen LogP contribution in [-0.4, -0.2) is 11.7 Å². The Labute approximate surface area is 102 Å². The van der Waals surface area contributed by atoms with Crippen molar-refractivity contribution in [2.45, 2.75) is 18.8 Å². The van der Waals surface area contributed by atoms with Gasteiger partial charge in [-0.05, 0) is 28.7 Å². The monoisotopic (exact) mass is 224 g/mol. The van der Waals surface area contributed by atoms with Crippen molar-refractivity contribution in [1.82, 2.24) is 0 Å². The summed E-state index contributed by atoms with van der Waals surface area (Å²) in [5.41, 5.74) is 4.89. The second kappa shape index (κ2) is 3.71. The Kier molecular flexibility index (Phi) is 2.30. The van der Waals surface area contributed by atoms with Crippen LogP contribution in [0.2, 0.25) is 0 Å². The third-order valence-corrected chi connectivity index (χ3v) is 4.05. The van der Waals surface area contributed by atoms with Gasteiger partial charge in [0.05, 0.1) is 6.61 Å². The van der Waals surface area contributed by atoms with Crippen LogP contribution < -0.4 is 0 Å². The Morgan fingerprint density at radius 1 is 0.882 bits per heavy atom. The molecule has 1 heteroatoms. The van der Waals surface area contributed by atoms with Gasteiger partial charge in [0, 0.05) is 5.41 Å². The standard InChI is InChI=1S/C16H16O/c1-2-16(11-17)14-9-5-3-7-12(14)13-8-4-6-10-15(13)16/h3-10,17H,2,11H2,1H3. The highest BCUT2D eigenvalue weighted by molar-refractivity contribution is 5.80. The molecule has 3 rings (SSSR count). The first kappa shape index (κ1) is 10.5. The molecule has 0 aliphatic heterocycles. The van der Waals surface area contributed by atoms with Crippen LogP contribution in [0.4, 0.5) is 0 Å². The van der Waals surface area contributed by atoms with Crippen molar-refractivity contribution in [2.75, 3.05) is 6.61 Å². The summed E-state index contributed by atoms with van der Waals surface area (Å²) in [4.78, 5) is 0. The highest BCUT2D eigenvalue weighted by Gasteiger charge is 2.40. The molecule has 0 saturated heterocycles. The number of aliphatic hydroxyl groups is 1. The zero-order valence-corrected chi connectivity index (χ0v) is 9.98. The van der Waals surface area contributed by atoms with Gasteiger partial charge in [0.15, 0.2) is 0 Å². The van der Waals surface area contributed by atoms with E-state index in [0.717, 1.165) is 6.42 Å². The molecule has 0 spiro atoms. The Bertz CT molecular complexity index is 505. The van der Waals surface area contributed by atoms with Crippen molar-refractivity contribution in [1.29, 1.82) is 0 Å². The maximum absolute atomic E-state index is 9.91. The zero-order valence-electron chi connectivity index (χ0n) is 9.98. The molecule has 1 aliphatic rings. The lowest BCUT2D eigenvalue weighted by Crippen LogP contribution is -2.28. The number of fused-ring (bicyclic) bond motifs is 3. The Balaban J connectivity index is 2.38. The molecule has 0 saturated carbocycles. The average Bonchev–Trinajstić information content (AvgIpc) is 2.70. The largest absolute Gasteiger partial charge is 0.395 e. The topological polar surface area (TPSA) is 20.2 Å². The maximum atomic E-state index is 9.91. The molecule has 1 nitrogen and oxygen atoms in total. The minimum absolute atomic E-state index is 0.178. The van der Waals surface area contributed by atoms with Crippen LogP contribution >= 0.6 is 0 Å². The molecular formula is C16H16O. The molecule has 1 N–H and O–H groups in total. The summed E-state index contributed by atoms with van der Waals surface area (Å²) in [5, 5.41) is 9.91. The molecule has 2 aromatic rings. The normalized spacial score (nSPS) is 15.4. The van der Waals surface area contributed by atoms with Crippen LogP contribution in [0.5, 0.6) is 0 Å². The SMILES string of the molecule is CCC1(CO)c2ccccc2-c2ccccc21. The van der Waals surface area contributed by atoms with Gasteiger partial charge in [-0.1, -0.05) is 55.5 Å². The van der Waals surface area contributed by atoms with E-state index in [1.165, 1.54) is 22.3 Å². The predicted molar refractivity (Wildman–Crippen MR) is 70.0 cm³/mol. The third-order valence-electron chi connectivity index (χ3n) is 4.05. The summed E-state index contributed by atoms with van der Waals surface area (Å²) < 4.78 is 0. The molecule has 86 valence electrons. The quantitative estimate of drug-likeness (QED) is 0.829. The van der Waals surface area contributed by atoms with Gasteiger partial charge < -0.3 is 5.11 Å². The molecule has 2 aromatic carbocycles. The summed E-state index contributed by atoms with van der Waals surface area (Å²) >= 11 is 0. The Morgan fingerprint density at radius 2 is 1.35 bits per heavy atom. The lowest BCUT2D eigenvalue weighted by atomic mass is 9.77. The van der Waals surface area contributed by atoms with Crippen molar-refractivity contribution in [3.63, 3.8) is 0 Å². The second-order valence-electron chi connectivity index (χ2n) is 4.68. The second-order valence-corrected chi connectivity index (χ2v) is 4.68. The molecule has 0 unspecified atom stereocenters. The first-order valence-electron chi connectivity index (χ1n) is 6.14. The van der Waals surface area contributed by atoms with E-state index in [2.05, 4.69) is 55.5 Å². The van der Waals surface area contributed by atoms with Gasteiger partial charge in [-0.25, -0.2) is 0 Å². The van der Waals surface area contributed by atoms with Crippen LogP contribution in [0.15, 0.2) is 48.5 Å². The Morgan fingerprint density at radius 3 is 1.76 bits per heavy atom. The molecule has 0 radical (unpaired) electrons. The lowest BCUT2D eigenvalue weighted by Gasteiger charge is -2.28. The fourth-order valence-electron chi connectivity index (χ4n) is 3.08. The fourth-order valence-corrected chi connectivity index (χ4v) is 3.08. The van der Waals surface area contributed by atoms with Crippen molar-refractivity contribution < 1.29 is 5.11 Å². The van der Waals surface area contributed by atoms with Crippen molar-refractivity contribution >= 4 is 0 Å². The molecule has 0 heterocycles. The number of benzene rings is 2. The minimum atomic E-state index is -0.201. The van der Waals surface area contributed by atoms with E-state index in [4.69, 9.17) is 0 Å². The van der Waals surface area contributed by atoms with E-state index < -0.39 is 0 Å². The highest BCUT2D eigenvalue weighted by Crippen LogP contribution is 2.50. The predicted octanol–water partition coefficient (Wildman–Crippen LogP) is 3.36. The van der Waals surface area contributed by atoms with Gasteiger partial charge in [-0.15, -0.1) is 0 Å². The van der Waals surface area contributed by atoms with E-state index in [1.54, 1.807) is 0 Å². The average molecular weight is 224 g/mol. The third kappa shape index (κ3) is 1.23. The van der Waals surface area contributed by atoms with Gasteiger partial charge in [-0.3, -0.25) is 0 Å². The van der Waals surface area contributed by atoms with E-state index in [9.17, 15) is 5.11 Å². The molecule has 0 atom stereocenters. The van der Waals surface area contributed by atoms with Gasteiger partial charge in [-0.2, -0.15) is 0 Å². The van der Waals surface area contributed by atoms with Crippen LogP contribution in [0.25, 0.3) is 11.1 Å². The molecule has 17 heavy (non-hydrogen) atoms. The van der Waals surface area contributed by atoms with Crippen LogP contribution in [0, 0.1) is 0 Å². The molecular weight excluding hydrogens is 208 g/mol. The van der Waals surface area contributed by atoms with Crippen LogP contribution in [0.1, 0.15) is 24.5 Å². The molecule has 0 bridgehead atoms. The summed E-state index contributed by atoms with van der Waals surface area (Å²) in [6, 6.07) is 16.9. The zero-order chi connectivity index (χ0) is 11.9. The van der Waals surface area contributed by atoms with Gasteiger partial charge in [0.1, 0.15) is 0 Å².